The van der Waals surface area contributed by atoms with Crippen LogP contribution in [-0.4, -0.2) is 30.4 Å². The van der Waals surface area contributed by atoms with Crippen molar-refractivity contribution in [2.24, 2.45) is 0 Å². The molecule has 3 aromatic carbocycles. The fourth-order valence-corrected chi connectivity index (χ4v) is 4.00. The monoisotopic (exact) mass is 358 g/mol. The molecule has 1 aliphatic heterocycles. The van der Waals surface area contributed by atoms with Crippen LogP contribution in [0.2, 0.25) is 0 Å². The molecule has 0 saturated carbocycles. The number of fused-ring (bicyclic) bond motifs is 1. The van der Waals surface area contributed by atoms with Gasteiger partial charge in [0, 0.05) is 13.1 Å². The Balaban J connectivity index is 1.62. The van der Waals surface area contributed by atoms with Crippen LogP contribution in [0.4, 0.5) is 0 Å². The molecule has 1 fully saturated rings. The third-order valence-corrected chi connectivity index (χ3v) is 5.43. The Hall–Kier alpha value is -2.65. The highest BCUT2D eigenvalue weighted by Crippen LogP contribution is 2.29. The summed E-state index contributed by atoms with van der Waals surface area (Å²) in [5.74, 6) is 0.205. The first-order valence-electron chi connectivity index (χ1n) is 9.87. The van der Waals surface area contributed by atoms with Crippen molar-refractivity contribution in [3.63, 3.8) is 0 Å². The van der Waals surface area contributed by atoms with Gasteiger partial charge in [-0.05, 0) is 41.2 Å². The second-order valence-corrected chi connectivity index (χ2v) is 7.23. The molecule has 138 valence electrons. The lowest BCUT2D eigenvalue weighted by Crippen LogP contribution is -2.42. The predicted molar refractivity (Wildman–Crippen MR) is 111 cm³/mol. The lowest BCUT2D eigenvalue weighted by Gasteiger charge is -2.28. The zero-order valence-electron chi connectivity index (χ0n) is 15.6. The normalized spacial score (nSPS) is 15.6. The molecule has 0 aliphatic carbocycles. The van der Waals surface area contributed by atoms with Gasteiger partial charge in [-0.3, -0.25) is 10.1 Å². The summed E-state index contributed by atoms with van der Waals surface area (Å²) in [5, 5.41) is 6.00. The van der Waals surface area contributed by atoms with Crippen LogP contribution in [0.15, 0.2) is 72.8 Å². The van der Waals surface area contributed by atoms with Crippen molar-refractivity contribution in [2.75, 3.05) is 19.6 Å². The fraction of sp³-hybridized carbons (Fsp3) is 0.292. The summed E-state index contributed by atoms with van der Waals surface area (Å²) in [6.45, 7) is 2.15. The van der Waals surface area contributed by atoms with Crippen LogP contribution in [0.3, 0.4) is 0 Å². The molecule has 3 aromatic rings. The molecule has 0 bridgehead atoms. The van der Waals surface area contributed by atoms with E-state index in [-0.39, 0.29) is 11.9 Å². The molecule has 0 radical (unpaired) electrons. The van der Waals surface area contributed by atoms with Crippen LogP contribution in [0.5, 0.6) is 0 Å². The molecule has 1 saturated heterocycles. The molecule has 27 heavy (non-hydrogen) atoms. The Labute approximate surface area is 161 Å². The van der Waals surface area contributed by atoms with E-state index < -0.39 is 0 Å². The maximum Gasteiger partial charge on any atom is 0.236 e. The van der Waals surface area contributed by atoms with Crippen LogP contribution in [0, 0.1) is 0 Å². The Bertz CT molecular complexity index is 895. The van der Waals surface area contributed by atoms with Crippen molar-refractivity contribution in [3.8, 4) is 0 Å². The van der Waals surface area contributed by atoms with Gasteiger partial charge in [-0.15, -0.1) is 0 Å². The van der Waals surface area contributed by atoms with E-state index in [1.165, 1.54) is 28.3 Å². The van der Waals surface area contributed by atoms with E-state index in [1.807, 2.05) is 11.0 Å². The number of amides is 1. The van der Waals surface area contributed by atoms with Gasteiger partial charge in [0.1, 0.15) is 0 Å². The first-order valence-corrected chi connectivity index (χ1v) is 9.87. The van der Waals surface area contributed by atoms with Gasteiger partial charge in [0.05, 0.1) is 12.6 Å². The number of hydrogen-bond donors (Lipinski definition) is 1. The first-order chi connectivity index (χ1) is 13.3. The number of nitrogens with zero attached hydrogens (tertiary/aromatic N) is 1. The van der Waals surface area contributed by atoms with Crippen LogP contribution < -0.4 is 5.32 Å². The van der Waals surface area contributed by atoms with Crippen LogP contribution in [0.1, 0.15) is 36.4 Å². The van der Waals surface area contributed by atoms with Gasteiger partial charge in [0.2, 0.25) is 5.91 Å². The Kier molecular flexibility index (Phi) is 5.50. The third-order valence-electron chi connectivity index (χ3n) is 5.43. The van der Waals surface area contributed by atoms with Gasteiger partial charge in [0.15, 0.2) is 0 Å². The Morgan fingerprint density at radius 3 is 2.37 bits per heavy atom. The lowest BCUT2D eigenvalue weighted by molar-refractivity contribution is -0.131. The summed E-state index contributed by atoms with van der Waals surface area (Å²) in [6.07, 6.45) is 3.48. The maximum absolute atomic E-state index is 12.7. The molecule has 1 aliphatic rings. The largest absolute Gasteiger partial charge is 0.342 e. The average Bonchev–Trinajstić information content (AvgIpc) is 2.75. The number of benzene rings is 3. The summed E-state index contributed by atoms with van der Waals surface area (Å²) < 4.78 is 0. The summed E-state index contributed by atoms with van der Waals surface area (Å²) in [5.41, 5.74) is 2.39. The number of rotatable bonds is 5. The minimum atomic E-state index is -0.00830. The molecule has 0 aromatic heterocycles. The summed E-state index contributed by atoms with van der Waals surface area (Å²) >= 11 is 0. The number of hydrogen-bond acceptors (Lipinski definition) is 2. The number of likely N-dealkylation sites (tertiary alicyclic amines) is 1. The van der Waals surface area contributed by atoms with E-state index in [9.17, 15) is 4.79 Å². The number of piperidine rings is 1. The molecule has 1 N–H and O–H groups in total. The molecular weight excluding hydrogens is 332 g/mol. The summed E-state index contributed by atoms with van der Waals surface area (Å²) in [7, 11) is 0. The van der Waals surface area contributed by atoms with Crippen molar-refractivity contribution >= 4 is 16.7 Å². The lowest BCUT2D eigenvalue weighted by atomic mass is 9.93. The van der Waals surface area contributed by atoms with Gasteiger partial charge in [-0.25, -0.2) is 0 Å². The smallest absolute Gasteiger partial charge is 0.236 e. The van der Waals surface area contributed by atoms with E-state index in [1.54, 1.807) is 0 Å². The van der Waals surface area contributed by atoms with Crippen molar-refractivity contribution in [3.05, 3.63) is 83.9 Å². The molecule has 3 nitrogen and oxygen atoms in total. The summed E-state index contributed by atoms with van der Waals surface area (Å²) in [4.78, 5) is 14.7. The molecule has 1 atom stereocenters. The minimum absolute atomic E-state index is 0.00830. The summed E-state index contributed by atoms with van der Waals surface area (Å²) in [6, 6.07) is 25.2. The van der Waals surface area contributed by atoms with Crippen LogP contribution in [-0.2, 0) is 4.79 Å². The van der Waals surface area contributed by atoms with Gasteiger partial charge < -0.3 is 4.90 Å². The van der Waals surface area contributed by atoms with Gasteiger partial charge in [-0.2, -0.15) is 0 Å². The van der Waals surface area contributed by atoms with E-state index in [0.29, 0.717) is 6.54 Å². The third kappa shape index (κ3) is 4.04. The van der Waals surface area contributed by atoms with Crippen molar-refractivity contribution < 1.29 is 4.79 Å². The quantitative estimate of drug-likeness (QED) is 0.727. The Morgan fingerprint density at radius 1 is 0.852 bits per heavy atom. The molecule has 0 spiro atoms. The van der Waals surface area contributed by atoms with Gasteiger partial charge >= 0.3 is 0 Å². The van der Waals surface area contributed by atoms with Crippen molar-refractivity contribution in [2.45, 2.75) is 25.3 Å². The second-order valence-electron chi connectivity index (χ2n) is 7.23. The highest BCUT2D eigenvalue weighted by molar-refractivity contribution is 5.86. The zero-order chi connectivity index (χ0) is 18.5. The van der Waals surface area contributed by atoms with Crippen molar-refractivity contribution in [1.29, 1.82) is 0 Å². The van der Waals surface area contributed by atoms with Crippen molar-refractivity contribution in [1.82, 2.24) is 10.2 Å². The maximum atomic E-state index is 12.7. The molecule has 3 heteroatoms. The van der Waals surface area contributed by atoms with E-state index >= 15 is 0 Å². The van der Waals surface area contributed by atoms with Crippen LogP contribution >= 0.6 is 0 Å². The molecule has 1 heterocycles. The van der Waals surface area contributed by atoms with Gasteiger partial charge in [-0.1, -0.05) is 72.8 Å². The van der Waals surface area contributed by atoms with E-state index in [4.69, 9.17) is 0 Å². The predicted octanol–water partition coefficient (Wildman–Crippen LogP) is 4.53. The molecular formula is C24H26N2O. The highest BCUT2D eigenvalue weighted by Gasteiger charge is 2.20. The second kappa shape index (κ2) is 8.36. The first kappa shape index (κ1) is 17.7. The number of carbonyl (C=O) groups is 1. The standard InChI is InChI=1S/C24H26N2O/c27-23(26-16-7-2-8-17-26)18-25-24(20-11-3-1-4-12-20)22-15-9-13-19-10-5-6-14-21(19)22/h1,3-6,9-15,24-25H,2,7-8,16-18H2. The number of carbonyl (C=O) groups excluding carboxylic acids is 1. The molecule has 1 unspecified atom stereocenters. The highest BCUT2D eigenvalue weighted by atomic mass is 16.2. The minimum Gasteiger partial charge on any atom is -0.342 e. The van der Waals surface area contributed by atoms with E-state index in [2.05, 4.69) is 72.0 Å². The topological polar surface area (TPSA) is 32.3 Å². The zero-order valence-corrected chi connectivity index (χ0v) is 15.6. The molecule has 4 rings (SSSR count). The molecule has 1 amide bonds. The van der Waals surface area contributed by atoms with E-state index in [0.717, 1.165) is 25.9 Å². The average molecular weight is 358 g/mol. The fourth-order valence-electron chi connectivity index (χ4n) is 4.00. The van der Waals surface area contributed by atoms with Crippen LogP contribution in [0.25, 0.3) is 10.8 Å². The SMILES string of the molecule is O=C(CNC(c1ccccc1)c1cccc2ccccc12)N1CCCCC1. The number of nitrogens with one attached hydrogen (secondary N) is 1. The van der Waals surface area contributed by atoms with Gasteiger partial charge in [0.25, 0.3) is 0 Å². The Morgan fingerprint density at radius 2 is 1.56 bits per heavy atom.